The minimum atomic E-state index is -0.464. The maximum Gasteiger partial charge on any atom is 0.271 e. The van der Waals surface area contributed by atoms with Gasteiger partial charge in [0, 0.05) is 43.5 Å². The highest BCUT2D eigenvalue weighted by Crippen LogP contribution is 2.17. The molecule has 0 bridgehead atoms. The number of aromatic nitrogens is 2. The first-order chi connectivity index (χ1) is 12.9. The van der Waals surface area contributed by atoms with Crippen molar-refractivity contribution in [3.63, 3.8) is 0 Å². The molecule has 0 radical (unpaired) electrons. The van der Waals surface area contributed by atoms with Crippen molar-refractivity contribution in [2.75, 3.05) is 32.8 Å². The van der Waals surface area contributed by atoms with E-state index >= 15 is 0 Å². The zero-order valence-electron chi connectivity index (χ0n) is 15.4. The average Bonchev–Trinajstić information content (AvgIpc) is 3.17. The number of nitrogens with zero attached hydrogens (tertiary/aromatic N) is 4. The zero-order valence-corrected chi connectivity index (χ0v) is 15.4. The molecular weight excluding hydrogens is 350 g/mol. The Labute approximate surface area is 157 Å². The fourth-order valence-electron chi connectivity index (χ4n) is 3.01. The smallest absolute Gasteiger partial charge is 0.271 e. The second kappa shape index (κ2) is 7.85. The van der Waals surface area contributed by atoms with E-state index in [2.05, 4.69) is 29.2 Å². The van der Waals surface area contributed by atoms with Crippen LogP contribution < -0.4 is 5.32 Å². The van der Waals surface area contributed by atoms with Gasteiger partial charge in [-0.05, 0) is 26.0 Å². The molecule has 0 spiro atoms. The number of benzene rings is 1. The molecule has 1 N–H and O–H groups in total. The molecule has 144 valence electrons. The number of nitrogens with one attached hydrogen (secondary N) is 1. The Hall–Kier alpha value is -2.78. The lowest BCUT2D eigenvalue weighted by atomic mass is 10.0. The predicted octanol–water partition coefficient (Wildman–Crippen LogP) is 1.62. The first-order valence-electron chi connectivity index (χ1n) is 8.78. The first kappa shape index (κ1) is 19.0. The van der Waals surface area contributed by atoms with Gasteiger partial charge in [-0.15, -0.1) is 0 Å². The van der Waals surface area contributed by atoms with Crippen LogP contribution in [0.3, 0.4) is 0 Å². The molecule has 1 saturated heterocycles. The summed E-state index contributed by atoms with van der Waals surface area (Å²) >= 11 is 0. The molecule has 1 aliphatic heterocycles. The number of nitro groups is 1. The van der Waals surface area contributed by atoms with Gasteiger partial charge >= 0.3 is 0 Å². The average molecular weight is 373 g/mol. The molecule has 0 atom stereocenters. The third-order valence-electron chi connectivity index (χ3n) is 4.68. The van der Waals surface area contributed by atoms with Gasteiger partial charge in [0.05, 0.1) is 23.8 Å². The number of rotatable bonds is 6. The number of nitro benzene ring substituents is 1. The zero-order chi connectivity index (χ0) is 19.4. The molecule has 2 aromatic rings. The quantitative estimate of drug-likeness (QED) is 0.610. The summed E-state index contributed by atoms with van der Waals surface area (Å²) in [6.45, 7) is 7.72. The van der Waals surface area contributed by atoms with E-state index < -0.39 is 4.92 Å². The maximum absolute atomic E-state index is 12.5. The molecule has 0 saturated carbocycles. The Morgan fingerprint density at radius 3 is 2.78 bits per heavy atom. The lowest BCUT2D eigenvalue weighted by molar-refractivity contribution is -0.384. The number of carbonyl (C=O) groups is 1. The van der Waals surface area contributed by atoms with E-state index in [1.807, 2.05) is 0 Å². The van der Waals surface area contributed by atoms with Crippen LogP contribution in [0.1, 0.15) is 24.3 Å². The van der Waals surface area contributed by atoms with Gasteiger partial charge in [0.25, 0.3) is 11.6 Å². The Kier molecular flexibility index (Phi) is 5.52. The Morgan fingerprint density at radius 2 is 2.07 bits per heavy atom. The summed E-state index contributed by atoms with van der Waals surface area (Å²) in [6, 6.07) is 7.70. The Bertz CT molecular complexity index is 827. The van der Waals surface area contributed by atoms with Crippen LogP contribution in [0.5, 0.6) is 0 Å². The Balaban J connectivity index is 1.64. The molecule has 1 aromatic carbocycles. The summed E-state index contributed by atoms with van der Waals surface area (Å²) < 4.78 is 6.83. The number of amides is 1. The van der Waals surface area contributed by atoms with E-state index in [0.29, 0.717) is 25.4 Å². The topological polar surface area (TPSA) is 103 Å². The second-order valence-electron chi connectivity index (χ2n) is 7.02. The second-order valence-corrected chi connectivity index (χ2v) is 7.02. The molecule has 9 nitrogen and oxygen atoms in total. The van der Waals surface area contributed by atoms with Gasteiger partial charge in [0.15, 0.2) is 5.69 Å². The first-order valence-corrected chi connectivity index (χ1v) is 8.78. The predicted molar refractivity (Wildman–Crippen MR) is 99.0 cm³/mol. The monoisotopic (exact) mass is 373 g/mol. The summed E-state index contributed by atoms with van der Waals surface area (Å²) in [4.78, 5) is 25.2. The van der Waals surface area contributed by atoms with Gasteiger partial charge in [-0.25, -0.2) is 4.68 Å². The summed E-state index contributed by atoms with van der Waals surface area (Å²) in [6.07, 6.45) is 1.61. The molecule has 0 aliphatic carbocycles. The standard InChI is InChI=1S/C18H23N5O4/c1-18(2,21-8-10-27-11-9-21)13-19-17(24)16-6-7-22(20-16)14-4-3-5-15(12-14)23(25)26/h3-7,12H,8-11,13H2,1-2H3,(H,19,24). The highest BCUT2D eigenvalue weighted by atomic mass is 16.6. The lowest BCUT2D eigenvalue weighted by Crippen LogP contribution is -2.55. The van der Waals surface area contributed by atoms with E-state index in [1.54, 1.807) is 24.4 Å². The molecule has 27 heavy (non-hydrogen) atoms. The number of carbonyl (C=O) groups excluding carboxylic acids is 1. The summed E-state index contributed by atoms with van der Waals surface area (Å²) in [7, 11) is 0. The van der Waals surface area contributed by atoms with Crippen molar-refractivity contribution in [2.45, 2.75) is 19.4 Å². The van der Waals surface area contributed by atoms with Gasteiger partial charge in [-0.3, -0.25) is 19.8 Å². The van der Waals surface area contributed by atoms with Crippen LogP contribution in [-0.4, -0.2) is 63.9 Å². The van der Waals surface area contributed by atoms with Crippen molar-refractivity contribution < 1.29 is 14.5 Å². The van der Waals surface area contributed by atoms with Gasteiger partial charge in [0.2, 0.25) is 0 Å². The third kappa shape index (κ3) is 4.50. The molecule has 2 heterocycles. The molecule has 1 fully saturated rings. The molecule has 0 unspecified atom stereocenters. The van der Waals surface area contributed by atoms with E-state index in [4.69, 9.17) is 4.74 Å². The fraction of sp³-hybridized carbons (Fsp3) is 0.444. The summed E-state index contributed by atoms with van der Waals surface area (Å²) in [5, 5.41) is 18.1. The minimum absolute atomic E-state index is 0.0266. The van der Waals surface area contributed by atoms with E-state index in [0.717, 1.165) is 13.1 Å². The normalized spacial score (nSPS) is 15.5. The van der Waals surface area contributed by atoms with E-state index in [9.17, 15) is 14.9 Å². The summed E-state index contributed by atoms with van der Waals surface area (Å²) in [5.74, 6) is -0.277. The van der Waals surface area contributed by atoms with Crippen molar-refractivity contribution >= 4 is 11.6 Å². The van der Waals surface area contributed by atoms with Crippen LogP contribution in [0.25, 0.3) is 5.69 Å². The van der Waals surface area contributed by atoms with Gasteiger partial charge < -0.3 is 10.1 Å². The van der Waals surface area contributed by atoms with Crippen LogP contribution in [0.15, 0.2) is 36.5 Å². The van der Waals surface area contributed by atoms with Crippen molar-refractivity contribution in [2.24, 2.45) is 0 Å². The molecule has 1 amide bonds. The molecular formula is C18H23N5O4. The van der Waals surface area contributed by atoms with Crippen molar-refractivity contribution in [3.8, 4) is 5.69 Å². The van der Waals surface area contributed by atoms with Crippen LogP contribution in [0.2, 0.25) is 0 Å². The van der Waals surface area contributed by atoms with Gasteiger partial charge in [0.1, 0.15) is 0 Å². The SMILES string of the molecule is CC(C)(CNC(=O)c1ccn(-c2cccc([N+](=O)[O-])c2)n1)N1CCOCC1. The number of morpholine rings is 1. The highest BCUT2D eigenvalue weighted by Gasteiger charge is 2.29. The van der Waals surface area contributed by atoms with Crippen LogP contribution in [0, 0.1) is 10.1 Å². The molecule has 1 aliphatic rings. The van der Waals surface area contributed by atoms with Gasteiger partial charge in [-0.2, -0.15) is 5.10 Å². The molecule has 9 heteroatoms. The number of non-ortho nitro benzene ring substituents is 1. The third-order valence-corrected chi connectivity index (χ3v) is 4.68. The maximum atomic E-state index is 12.5. The van der Waals surface area contributed by atoms with E-state index in [1.165, 1.54) is 16.8 Å². The molecule has 1 aromatic heterocycles. The van der Waals surface area contributed by atoms with E-state index in [-0.39, 0.29) is 22.8 Å². The minimum Gasteiger partial charge on any atom is -0.379 e. The number of hydrogen-bond acceptors (Lipinski definition) is 6. The summed E-state index contributed by atoms with van der Waals surface area (Å²) in [5.41, 5.74) is 0.569. The highest BCUT2D eigenvalue weighted by molar-refractivity contribution is 5.92. The van der Waals surface area contributed by atoms with Crippen LogP contribution in [0.4, 0.5) is 5.69 Å². The largest absolute Gasteiger partial charge is 0.379 e. The fourth-order valence-corrected chi connectivity index (χ4v) is 3.01. The Morgan fingerprint density at radius 1 is 1.33 bits per heavy atom. The number of ether oxygens (including phenoxy) is 1. The van der Waals surface area contributed by atoms with Crippen molar-refractivity contribution in [1.29, 1.82) is 0 Å². The molecule has 3 rings (SSSR count). The van der Waals surface area contributed by atoms with Gasteiger partial charge in [-0.1, -0.05) is 6.07 Å². The van der Waals surface area contributed by atoms with Crippen LogP contribution >= 0.6 is 0 Å². The lowest BCUT2D eigenvalue weighted by Gasteiger charge is -2.40. The van der Waals surface area contributed by atoms with Crippen molar-refractivity contribution in [1.82, 2.24) is 20.0 Å². The van der Waals surface area contributed by atoms with Crippen molar-refractivity contribution in [3.05, 3.63) is 52.3 Å². The number of hydrogen-bond donors (Lipinski definition) is 1. The van der Waals surface area contributed by atoms with Crippen LogP contribution in [-0.2, 0) is 4.74 Å².